The molecule has 0 saturated heterocycles. The van der Waals surface area contributed by atoms with E-state index in [0.29, 0.717) is 29.6 Å². The van der Waals surface area contributed by atoms with Gasteiger partial charge in [0.05, 0.1) is 35.4 Å². The molecule has 4 rings (SSSR count). The van der Waals surface area contributed by atoms with E-state index in [1.807, 2.05) is 44.5 Å². The molecule has 1 aliphatic heterocycles. The molecule has 0 unspecified atom stereocenters. The van der Waals surface area contributed by atoms with E-state index in [9.17, 15) is 21.6 Å². The van der Waals surface area contributed by atoms with E-state index in [0.717, 1.165) is 44.2 Å². The molecule has 0 radical (unpaired) electrons. The maximum Gasteiger partial charge on any atom is 0.265 e. The van der Waals surface area contributed by atoms with Gasteiger partial charge in [-0.15, -0.1) is 4.40 Å². The molecule has 0 bridgehead atoms. The van der Waals surface area contributed by atoms with Crippen LogP contribution in [0.25, 0.3) is 16.3 Å². The summed E-state index contributed by atoms with van der Waals surface area (Å²) in [5, 5.41) is 2.81. The Labute approximate surface area is 257 Å². The van der Waals surface area contributed by atoms with Crippen molar-refractivity contribution in [2.75, 3.05) is 30.1 Å². The van der Waals surface area contributed by atoms with Gasteiger partial charge in [-0.1, -0.05) is 46.3 Å². The molecule has 1 N–H and O–H groups in total. The van der Waals surface area contributed by atoms with E-state index < -0.39 is 26.0 Å². The summed E-state index contributed by atoms with van der Waals surface area (Å²) in [5.41, 5.74) is 1.71. The zero-order valence-electron chi connectivity index (χ0n) is 22.0. The van der Waals surface area contributed by atoms with E-state index >= 15 is 0 Å². The predicted molar refractivity (Wildman–Crippen MR) is 166 cm³/mol. The monoisotopic (exact) mass is 677 g/mol. The Hall–Kier alpha value is -2.36. The van der Waals surface area contributed by atoms with Crippen LogP contribution in [0.2, 0.25) is 10.0 Å². The first-order valence-corrected chi connectivity index (χ1v) is 17.9. The first-order chi connectivity index (χ1) is 19.4. The molecule has 1 aliphatic rings. The number of aromatic nitrogens is 1. The average Bonchev–Trinajstić information content (AvgIpc) is 3.39. The number of thioether (sulfide) groups is 1. The summed E-state index contributed by atoms with van der Waals surface area (Å²) in [6.07, 6.45) is 3.46. The van der Waals surface area contributed by atoms with Gasteiger partial charge in [0, 0.05) is 40.9 Å². The number of methoxy groups -OCH3 is 1. The molecule has 41 heavy (non-hydrogen) atoms. The number of sulfonamides is 2. The third kappa shape index (κ3) is 8.36. The van der Waals surface area contributed by atoms with Crippen LogP contribution in [-0.4, -0.2) is 54.3 Å². The zero-order valence-corrected chi connectivity index (χ0v) is 26.8. The van der Waals surface area contributed by atoms with E-state index in [1.165, 1.54) is 30.2 Å². The van der Waals surface area contributed by atoms with Crippen LogP contribution in [0, 0.1) is 0 Å². The van der Waals surface area contributed by atoms with E-state index in [2.05, 4.69) is 9.13 Å². The highest BCUT2D eigenvalue weighted by Crippen LogP contribution is 2.48. The summed E-state index contributed by atoms with van der Waals surface area (Å²) in [6, 6.07) is 11.1. The van der Waals surface area contributed by atoms with E-state index in [4.69, 9.17) is 23.2 Å². The standard InChI is InChI=1S/C25H26Cl2N4O6S4/c1-17(32)29-41(35,36)12-4-10-31-21-14-19(27)6-8-23(21)39-25(31)15-24-30(9-3-11-40(33,34)28-16-37-2)20-13-18(26)5-7-22(20)38-24/h5-8,13-16H,3-4,9-12H2,1-2H3/p+1. The van der Waals surface area contributed by atoms with E-state index in [1.54, 1.807) is 12.1 Å². The summed E-state index contributed by atoms with van der Waals surface area (Å²) in [4.78, 5) is 14.2. The van der Waals surface area contributed by atoms with Gasteiger partial charge in [-0.3, -0.25) is 9.52 Å². The summed E-state index contributed by atoms with van der Waals surface area (Å²) in [7, 11) is -6.10. The van der Waals surface area contributed by atoms with Gasteiger partial charge >= 0.3 is 0 Å². The molecule has 10 nitrogen and oxygen atoms in total. The number of fused-ring (bicyclic) bond motifs is 2. The van der Waals surface area contributed by atoms with Crippen LogP contribution in [0.5, 0.6) is 0 Å². The largest absolute Gasteiger partial charge is 0.486 e. The zero-order chi connectivity index (χ0) is 29.8. The number of nitrogens with zero attached hydrogens (tertiary/aromatic N) is 3. The Balaban J connectivity index is 1.66. The summed E-state index contributed by atoms with van der Waals surface area (Å²) in [6.45, 7) is 1.90. The number of hydrogen-bond acceptors (Lipinski definition) is 9. The van der Waals surface area contributed by atoms with Crippen molar-refractivity contribution >= 4 is 101 Å². The number of hydrogen-bond donors (Lipinski definition) is 1. The minimum Gasteiger partial charge on any atom is -0.486 e. The maximum atomic E-state index is 12.2. The minimum absolute atomic E-state index is 0.165. The van der Waals surface area contributed by atoms with Crippen molar-refractivity contribution < 1.29 is 30.9 Å². The number of benzene rings is 2. The van der Waals surface area contributed by atoms with Gasteiger partial charge in [-0.2, -0.15) is 4.57 Å². The second-order valence-corrected chi connectivity index (χ2v) is 15.6. The van der Waals surface area contributed by atoms with Crippen molar-refractivity contribution in [3.8, 4) is 0 Å². The molecule has 1 aromatic heterocycles. The van der Waals surface area contributed by atoms with Gasteiger partial charge in [0.15, 0.2) is 12.9 Å². The number of amides is 1. The number of rotatable bonds is 12. The second-order valence-electron chi connectivity index (χ2n) is 8.97. The van der Waals surface area contributed by atoms with Crippen LogP contribution in [0.4, 0.5) is 5.69 Å². The Bertz CT molecular complexity index is 1740. The first-order valence-electron chi connectivity index (χ1n) is 12.3. The fourth-order valence-electron chi connectivity index (χ4n) is 4.18. The van der Waals surface area contributed by atoms with Gasteiger partial charge in [-0.25, -0.2) is 16.8 Å². The number of ether oxygens (including phenoxy) is 1. The normalized spacial score (nSPS) is 14.7. The van der Waals surface area contributed by atoms with Crippen molar-refractivity contribution in [3.63, 3.8) is 0 Å². The van der Waals surface area contributed by atoms with Crippen LogP contribution in [0.3, 0.4) is 0 Å². The van der Waals surface area contributed by atoms with Gasteiger partial charge in [0.1, 0.15) is 4.70 Å². The topological polar surface area (TPSA) is 126 Å². The summed E-state index contributed by atoms with van der Waals surface area (Å²) < 4.78 is 62.0. The lowest BCUT2D eigenvalue weighted by Crippen LogP contribution is -2.38. The highest BCUT2D eigenvalue weighted by molar-refractivity contribution is 8.04. The van der Waals surface area contributed by atoms with Crippen molar-refractivity contribution in [2.45, 2.75) is 31.2 Å². The molecule has 0 fully saturated rings. The third-order valence-corrected chi connectivity index (χ3v) is 11.2. The molecular weight excluding hydrogens is 651 g/mol. The van der Waals surface area contributed by atoms with Crippen molar-refractivity contribution in [1.29, 1.82) is 0 Å². The molecule has 1 amide bonds. The molecule has 2 heterocycles. The Morgan fingerprint density at radius 2 is 1.83 bits per heavy atom. The smallest absolute Gasteiger partial charge is 0.265 e. The van der Waals surface area contributed by atoms with Crippen molar-refractivity contribution in [1.82, 2.24) is 4.72 Å². The van der Waals surface area contributed by atoms with Gasteiger partial charge in [-0.05, 0) is 36.8 Å². The van der Waals surface area contributed by atoms with Gasteiger partial charge < -0.3 is 9.64 Å². The molecule has 3 aromatic rings. The number of halogens is 2. The molecular formula is C25H27Cl2N4O6S4+. The highest BCUT2D eigenvalue weighted by Gasteiger charge is 2.29. The number of anilines is 1. The number of aryl methyl sites for hydroxylation is 1. The molecule has 0 saturated carbocycles. The molecule has 2 aromatic carbocycles. The van der Waals surface area contributed by atoms with Crippen LogP contribution >= 0.6 is 46.3 Å². The molecule has 0 spiro atoms. The summed E-state index contributed by atoms with van der Waals surface area (Å²) >= 11 is 15.7. The average molecular weight is 679 g/mol. The van der Waals surface area contributed by atoms with Crippen LogP contribution in [0.15, 0.2) is 50.7 Å². The number of carbonyl (C=O) groups is 1. The second kappa shape index (κ2) is 13.3. The van der Waals surface area contributed by atoms with Crippen LogP contribution in [-0.2, 0) is 36.1 Å². The van der Waals surface area contributed by atoms with Gasteiger partial charge in [0.25, 0.3) is 15.0 Å². The number of thiazole rings is 1. The molecule has 0 aliphatic carbocycles. The quantitative estimate of drug-likeness (QED) is 0.167. The van der Waals surface area contributed by atoms with Crippen LogP contribution in [0.1, 0.15) is 24.8 Å². The lowest BCUT2D eigenvalue weighted by Gasteiger charge is -2.20. The molecule has 16 heteroatoms. The fourth-order valence-corrected chi connectivity index (χ4v) is 8.66. The molecule has 0 atom stereocenters. The van der Waals surface area contributed by atoms with Gasteiger partial charge in [0.2, 0.25) is 21.4 Å². The predicted octanol–water partition coefficient (Wildman–Crippen LogP) is 4.66. The highest BCUT2D eigenvalue weighted by atomic mass is 35.5. The third-order valence-electron chi connectivity index (χ3n) is 5.82. The first kappa shape index (κ1) is 31.6. The van der Waals surface area contributed by atoms with Crippen LogP contribution < -0.4 is 14.2 Å². The lowest BCUT2D eigenvalue weighted by molar-refractivity contribution is -0.668. The SMILES string of the molecule is COC=NS(=O)(=O)CCCN1C(=Cc2sc3ccc(Cl)cc3[n+]2CCCS(=O)(=O)NC(C)=O)Sc2ccc(Cl)cc21. The summed E-state index contributed by atoms with van der Waals surface area (Å²) in [5.74, 6) is -1.02. The van der Waals surface area contributed by atoms with Crippen molar-refractivity contribution in [3.05, 3.63) is 56.5 Å². The van der Waals surface area contributed by atoms with E-state index in [-0.39, 0.29) is 17.9 Å². The van der Waals surface area contributed by atoms with Crippen molar-refractivity contribution in [2.24, 2.45) is 4.40 Å². The maximum absolute atomic E-state index is 12.2. The fraction of sp³-hybridized carbons (Fsp3) is 0.320. The minimum atomic E-state index is -3.75. The molecule has 220 valence electrons. The lowest BCUT2D eigenvalue weighted by atomic mass is 10.2. The Kier molecular flexibility index (Phi) is 10.2. The Morgan fingerprint density at radius 1 is 1.10 bits per heavy atom. The number of carbonyl (C=O) groups excluding carboxylic acids is 1. The number of nitrogens with one attached hydrogen (secondary N) is 1. The Morgan fingerprint density at radius 3 is 2.56 bits per heavy atom.